The summed E-state index contributed by atoms with van der Waals surface area (Å²) in [6.07, 6.45) is 4.34. The second-order valence-corrected chi connectivity index (χ2v) is 14.8. The van der Waals surface area contributed by atoms with Gasteiger partial charge in [0.2, 0.25) is 29.5 Å². The van der Waals surface area contributed by atoms with Gasteiger partial charge in [-0.1, -0.05) is 32.0 Å². The van der Waals surface area contributed by atoms with E-state index in [9.17, 15) is 39.0 Å². The van der Waals surface area contributed by atoms with E-state index in [0.29, 0.717) is 17.7 Å². The van der Waals surface area contributed by atoms with Crippen LogP contribution in [0.2, 0.25) is 0 Å². The largest absolute Gasteiger partial charge is 0.480 e. The summed E-state index contributed by atoms with van der Waals surface area (Å²) in [5, 5.41) is 33.5. The van der Waals surface area contributed by atoms with Crippen LogP contribution in [0.15, 0.2) is 40.4 Å². The molecule has 0 aliphatic carbocycles. The van der Waals surface area contributed by atoms with Crippen LogP contribution in [0.4, 0.5) is 0 Å². The number of nitrogens with zero attached hydrogens (tertiary/aromatic N) is 2. The van der Waals surface area contributed by atoms with Gasteiger partial charge in [-0.05, 0) is 61.7 Å². The summed E-state index contributed by atoms with van der Waals surface area (Å²) >= 11 is 1.42. The number of para-hydroxylation sites is 1. The molecule has 18 N–H and O–H groups in total. The Bertz CT molecular complexity index is 1750. The molecule has 0 saturated heterocycles. The number of aliphatic hydroxyl groups is 1. The zero-order chi connectivity index (χ0) is 43.4. The van der Waals surface area contributed by atoms with E-state index >= 15 is 0 Å². The molecule has 0 aliphatic heterocycles. The lowest BCUT2D eigenvalue weighted by Crippen LogP contribution is -2.61. The molecule has 1 aromatic carbocycles. The van der Waals surface area contributed by atoms with Crippen molar-refractivity contribution in [3.05, 3.63) is 36.0 Å². The molecule has 0 unspecified atom stereocenters. The van der Waals surface area contributed by atoms with Crippen molar-refractivity contribution >= 4 is 70.1 Å². The minimum Gasteiger partial charge on any atom is -0.480 e. The number of hydrogen-bond donors (Lipinski definition) is 13. The number of rotatable bonds is 26. The number of aliphatic imine (C=N–C) groups is 2. The van der Waals surface area contributed by atoms with Crippen LogP contribution in [0.25, 0.3) is 10.9 Å². The van der Waals surface area contributed by atoms with E-state index in [0.717, 1.165) is 10.9 Å². The van der Waals surface area contributed by atoms with Crippen LogP contribution >= 0.6 is 11.8 Å². The van der Waals surface area contributed by atoms with E-state index < -0.39 is 84.3 Å². The minimum atomic E-state index is -1.60. The molecule has 22 heteroatoms. The highest BCUT2D eigenvalue weighted by atomic mass is 32.2. The van der Waals surface area contributed by atoms with Gasteiger partial charge in [0.05, 0.1) is 12.6 Å². The summed E-state index contributed by atoms with van der Waals surface area (Å²) < 4.78 is 0. The van der Waals surface area contributed by atoms with Crippen molar-refractivity contribution in [1.82, 2.24) is 31.6 Å². The molecule has 6 atom stereocenters. The van der Waals surface area contributed by atoms with E-state index in [2.05, 4.69) is 41.6 Å². The monoisotopic (exact) mass is 833 g/mol. The number of benzene rings is 1. The quantitative estimate of drug-likeness (QED) is 0.0256. The highest BCUT2D eigenvalue weighted by molar-refractivity contribution is 7.98. The summed E-state index contributed by atoms with van der Waals surface area (Å²) in [4.78, 5) is 90.5. The van der Waals surface area contributed by atoms with E-state index in [1.165, 1.54) is 11.8 Å². The maximum atomic E-state index is 14.0. The number of thioether (sulfide) groups is 1. The number of nitrogens with two attached hydrogens (primary N) is 5. The molecule has 2 rings (SSSR count). The van der Waals surface area contributed by atoms with Crippen molar-refractivity contribution in [3.63, 3.8) is 0 Å². The van der Waals surface area contributed by atoms with Gasteiger partial charge in [-0.15, -0.1) is 0 Å². The standard InChI is InChI=1S/C36H59N13O8S/c1-19(2)28(33(55)46-25(34(56)57)12-15-58-3)49-31(53)26(16-20-17-44-23-10-5-4-8-21(20)23)47-32(54)27(18-50)48-30(52)24(11-7-14-43-36(40)41)45-29(51)22(37)9-6-13-42-35(38)39/h4-5,8,10,17,19,22,24-28,44,50H,6-7,9,11-16,18,37H2,1-3H3,(H,45,51)(H,46,55)(H,47,54)(H,48,52)(H,49,53)(H,56,57)(H4,38,39,42)(H4,40,41,43)/t22-,24-,25-,26-,27-,28-/m0/s1. The van der Waals surface area contributed by atoms with Gasteiger partial charge in [-0.3, -0.25) is 34.0 Å². The molecule has 0 bridgehead atoms. The first-order chi connectivity index (χ1) is 27.5. The summed E-state index contributed by atoms with van der Waals surface area (Å²) in [5.74, 6) is -5.53. The molecule has 0 spiro atoms. The molecule has 2 aromatic rings. The Kier molecular flexibility index (Phi) is 20.8. The number of aromatic amines is 1. The van der Waals surface area contributed by atoms with Gasteiger partial charge in [-0.2, -0.15) is 11.8 Å². The molecule has 1 heterocycles. The Hall–Kier alpha value is -5.61. The maximum Gasteiger partial charge on any atom is 0.326 e. The van der Waals surface area contributed by atoms with E-state index in [1.807, 2.05) is 18.2 Å². The fourth-order valence-corrected chi connectivity index (χ4v) is 6.18. The van der Waals surface area contributed by atoms with Crippen molar-refractivity contribution < 1.29 is 39.0 Å². The number of amides is 5. The lowest BCUT2D eigenvalue weighted by atomic mass is 10.00. The lowest BCUT2D eigenvalue weighted by molar-refractivity contribution is -0.142. The molecular formula is C36H59N13O8S. The van der Waals surface area contributed by atoms with Crippen molar-refractivity contribution in [2.45, 2.75) is 88.6 Å². The first kappa shape index (κ1) is 48.5. The molecule has 322 valence electrons. The van der Waals surface area contributed by atoms with Crippen LogP contribution in [0.3, 0.4) is 0 Å². The number of guanidine groups is 2. The van der Waals surface area contributed by atoms with Gasteiger partial charge in [0, 0.05) is 36.6 Å². The van der Waals surface area contributed by atoms with Gasteiger partial charge in [-0.25, -0.2) is 4.79 Å². The van der Waals surface area contributed by atoms with Gasteiger partial charge < -0.3 is 70.4 Å². The van der Waals surface area contributed by atoms with Gasteiger partial charge in [0.25, 0.3) is 0 Å². The summed E-state index contributed by atoms with van der Waals surface area (Å²) in [7, 11) is 0. The molecule has 0 aliphatic rings. The number of carboxylic acid groups (broad SMARTS) is 1. The Labute approximate surface area is 340 Å². The van der Waals surface area contributed by atoms with Crippen LogP contribution in [-0.4, -0.2) is 131 Å². The van der Waals surface area contributed by atoms with Crippen molar-refractivity contribution in [2.75, 3.05) is 31.7 Å². The number of H-pyrrole nitrogens is 1. The number of aliphatic carboxylic acids is 1. The zero-order valence-electron chi connectivity index (χ0n) is 33.0. The summed E-state index contributed by atoms with van der Waals surface area (Å²) in [6.45, 7) is 2.78. The number of aliphatic hydroxyl groups excluding tert-OH is 1. The molecule has 58 heavy (non-hydrogen) atoms. The summed E-state index contributed by atoms with van der Waals surface area (Å²) in [6, 6.07) is -0.371. The number of carbonyl (C=O) groups is 6. The normalized spacial score (nSPS) is 14.2. The van der Waals surface area contributed by atoms with Crippen LogP contribution in [-0.2, 0) is 35.2 Å². The number of hydrogen-bond acceptors (Lipinski definition) is 11. The molecule has 5 amide bonds. The third-order valence-electron chi connectivity index (χ3n) is 8.90. The van der Waals surface area contributed by atoms with Crippen molar-refractivity contribution in [3.8, 4) is 0 Å². The first-order valence-corrected chi connectivity index (χ1v) is 20.1. The Balaban J connectivity index is 2.34. The van der Waals surface area contributed by atoms with E-state index in [4.69, 9.17) is 28.7 Å². The predicted molar refractivity (Wildman–Crippen MR) is 222 cm³/mol. The van der Waals surface area contributed by atoms with Crippen molar-refractivity contribution in [1.29, 1.82) is 0 Å². The molecule has 0 saturated carbocycles. The van der Waals surface area contributed by atoms with Crippen LogP contribution < -0.4 is 55.3 Å². The fourth-order valence-electron chi connectivity index (χ4n) is 5.71. The highest BCUT2D eigenvalue weighted by Crippen LogP contribution is 2.20. The topological polar surface area (TPSA) is 374 Å². The maximum absolute atomic E-state index is 14.0. The lowest BCUT2D eigenvalue weighted by Gasteiger charge is -2.28. The molecule has 21 nitrogen and oxygen atoms in total. The Morgan fingerprint density at radius 3 is 1.88 bits per heavy atom. The molecular weight excluding hydrogens is 775 g/mol. The third kappa shape index (κ3) is 16.5. The second-order valence-electron chi connectivity index (χ2n) is 13.8. The molecule has 0 radical (unpaired) electrons. The zero-order valence-corrected chi connectivity index (χ0v) is 33.8. The SMILES string of the molecule is CSCC[C@H](NC(=O)[C@@H](NC(=O)[C@H](Cc1c[nH]c2ccccc12)NC(=O)[C@H](CO)NC(=O)[C@H](CCCN=C(N)N)NC(=O)[C@@H](N)CCCN=C(N)N)C(C)C)C(=O)O. The Morgan fingerprint density at radius 1 is 0.741 bits per heavy atom. The van der Waals surface area contributed by atoms with Gasteiger partial charge in [0.15, 0.2) is 11.9 Å². The first-order valence-electron chi connectivity index (χ1n) is 18.7. The predicted octanol–water partition coefficient (Wildman–Crippen LogP) is -2.95. The van der Waals surface area contributed by atoms with Crippen LogP contribution in [0.1, 0.15) is 51.5 Å². The number of carbonyl (C=O) groups excluding carboxylic acids is 5. The fraction of sp³-hybridized carbons (Fsp3) is 0.556. The van der Waals surface area contributed by atoms with E-state index in [-0.39, 0.29) is 57.1 Å². The van der Waals surface area contributed by atoms with Gasteiger partial charge in [0.1, 0.15) is 30.2 Å². The average molecular weight is 834 g/mol. The van der Waals surface area contributed by atoms with Crippen LogP contribution in [0.5, 0.6) is 0 Å². The van der Waals surface area contributed by atoms with Crippen LogP contribution in [0, 0.1) is 5.92 Å². The van der Waals surface area contributed by atoms with Gasteiger partial charge >= 0.3 is 5.97 Å². The molecule has 1 aromatic heterocycles. The highest BCUT2D eigenvalue weighted by Gasteiger charge is 2.34. The molecule has 0 fully saturated rings. The van der Waals surface area contributed by atoms with E-state index in [1.54, 1.807) is 32.4 Å². The Morgan fingerprint density at radius 2 is 1.29 bits per heavy atom. The number of carboxylic acids is 1. The van der Waals surface area contributed by atoms with Crippen molar-refractivity contribution in [2.24, 2.45) is 44.6 Å². The third-order valence-corrected chi connectivity index (χ3v) is 9.55. The summed E-state index contributed by atoms with van der Waals surface area (Å²) in [5.41, 5.74) is 28.9. The average Bonchev–Trinajstić information content (AvgIpc) is 3.58. The smallest absolute Gasteiger partial charge is 0.326 e. The minimum absolute atomic E-state index is 0.0130. The number of nitrogens with one attached hydrogen (secondary N) is 6. The number of aromatic nitrogens is 1. The second kappa shape index (κ2) is 24.9. The number of fused-ring (bicyclic) bond motifs is 1.